The van der Waals surface area contributed by atoms with Gasteiger partial charge in [0, 0.05) is 5.39 Å². The number of esters is 1. The highest BCUT2D eigenvalue weighted by Crippen LogP contribution is 2.36. The van der Waals surface area contributed by atoms with Crippen LogP contribution in [-0.2, 0) is 10.5 Å². The van der Waals surface area contributed by atoms with Crippen molar-refractivity contribution in [1.82, 2.24) is 19.9 Å². The summed E-state index contributed by atoms with van der Waals surface area (Å²) in [4.78, 5) is 42.3. The quantitative estimate of drug-likeness (QED) is 0.292. The number of fused-ring (bicyclic) bond motifs is 2. The molecule has 0 amide bonds. The minimum Gasteiger partial charge on any atom is -0.462 e. The molecular weight excluding hydrogens is 408 g/mol. The third-order valence-corrected chi connectivity index (χ3v) is 6.49. The van der Waals surface area contributed by atoms with E-state index >= 15 is 0 Å². The number of para-hydroxylation sites is 1. The summed E-state index contributed by atoms with van der Waals surface area (Å²) in [5, 5.41) is 2.17. The molecule has 3 aromatic heterocycles. The first-order valence-corrected chi connectivity index (χ1v) is 10.8. The largest absolute Gasteiger partial charge is 0.462 e. The average Bonchev–Trinajstić information content (AvgIpc) is 3.03. The molecule has 0 bridgehead atoms. The van der Waals surface area contributed by atoms with E-state index in [1.54, 1.807) is 13.0 Å². The van der Waals surface area contributed by atoms with Crippen molar-refractivity contribution < 1.29 is 9.53 Å². The van der Waals surface area contributed by atoms with Crippen LogP contribution in [0.5, 0.6) is 0 Å². The van der Waals surface area contributed by atoms with Crippen molar-refractivity contribution in [3.05, 3.63) is 56.7 Å². The summed E-state index contributed by atoms with van der Waals surface area (Å²) >= 11 is 2.77. The Morgan fingerprint density at radius 1 is 1.21 bits per heavy atom. The lowest BCUT2D eigenvalue weighted by Crippen LogP contribution is -2.11. The number of carbonyl (C=O) groups is 1. The molecule has 4 aromatic rings. The van der Waals surface area contributed by atoms with Gasteiger partial charge < -0.3 is 9.72 Å². The lowest BCUT2D eigenvalue weighted by atomic mass is 10.2. The van der Waals surface area contributed by atoms with Crippen LogP contribution in [-0.4, -0.2) is 32.5 Å². The molecule has 1 N–H and O–H groups in total. The first-order chi connectivity index (χ1) is 14.0. The van der Waals surface area contributed by atoms with Gasteiger partial charge >= 0.3 is 5.97 Å². The lowest BCUT2D eigenvalue weighted by Gasteiger charge is -2.06. The molecule has 7 nitrogen and oxygen atoms in total. The third-order valence-electron chi connectivity index (χ3n) is 4.34. The molecule has 148 valence electrons. The summed E-state index contributed by atoms with van der Waals surface area (Å²) in [5.41, 5.74) is 1.31. The highest BCUT2D eigenvalue weighted by molar-refractivity contribution is 7.98. The molecule has 0 atom stereocenters. The Bertz CT molecular complexity index is 1300. The summed E-state index contributed by atoms with van der Waals surface area (Å²) < 4.78 is 5.16. The summed E-state index contributed by atoms with van der Waals surface area (Å²) in [6.07, 6.45) is 0. The molecule has 9 heteroatoms. The number of hydrogen-bond acceptors (Lipinski definition) is 8. The smallest absolute Gasteiger partial charge is 0.348 e. The Kier molecular flexibility index (Phi) is 5.33. The van der Waals surface area contributed by atoms with E-state index in [1.807, 2.05) is 32.0 Å². The van der Waals surface area contributed by atoms with E-state index in [0.717, 1.165) is 20.8 Å². The minimum absolute atomic E-state index is 0.161. The monoisotopic (exact) mass is 426 g/mol. The minimum atomic E-state index is -0.345. The maximum Gasteiger partial charge on any atom is 0.348 e. The zero-order valence-electron chi connectivity index (χ0n) is 16.1. The Hall–Kier alpha value is -2.78. The van der Waals surface area contributed by atoms with Crippen molar-refractivity contribution in [3.63, 3.8) is 0 Å². The molecule has 0 aliphatic carbocycles. The van der Waals surface area contributed by atoms with E-state index in [0.29, 0.717) is 39.8 Å². The van der Waals surface area contributed by atoms with E-state index in [-0.39, 0.29) is 11.5 Å². The summed E-state index contributed by atoms with van der Waals surface area (Å²) in [7, 11) is 0. The van der Waals surface area contributed by atoms with Crippen molar-refractivity contribution in [3.8, 4) is 0 Å². The van der Waals surface area contributed by atoms with Crippen LogP contribution in [0.2, 0.25) is 0 Å². The van der Waals surface area contributed by atoms with Crippen LogP contribution in [0.3, 0.4) is 0 Å². The van der Waals surface area contributed by atoms with Crippen molar-refractivity contribution in [2.75, 3.05) is 6.61 Å². The number of thioether (sulfide) groups is 1. The fraction of sp³-hybridized carbons (Fsp3) is 0.250. The van der Waals surface area contributed by atoms with Crippen LogP contribution in [0.15, 0.2) is 34.1 Å². The van der Waals surface area contributed by atoms with E-state index in [1.165, 1.54) is 23.1 Å². The Labute approximate surface area is 174 Å². The summed E-state index contributed by atoms with van der Waals surface area (Å²) in [5.74, 6) is 1.29. The van der Waals surface area contributed by atoms with Gasteiger partial charge in [-0.1, -0.05) is 23.9 Å². The molecule has 1 aromatic carbocycles. The first kappa shape index (κ1) is 19.5. The zero-order valence-corrected chi connectivity index (χ0v) is 17.7. The predicted molar refractivity (Wildman–Crippen MR) is 115 cm³/mol. The van der Waals surface area contributed by atoms with E-state index in [9.17, 15) is 9.59 Å². The number of thiophene rings is 1. The van der Waals surface area contributed by atoms with Crippen molar-refractivity contribution >= 4 is 50.2 Å². The molecule has 4 rings (SSSR count). The Morgan fingerprint density at radius 3 is 2.79 bits per heavy atom. The van der Waals surface area contributed by atoms with Gasteiger partial charge in [-0.15, -0.1) is 11.3 Å². The van der Waals surface area contributed by atoms with Crippen LogP contribution in [0.1, 0.15) is 33.8 Å². The molecule has 3 heterocycles. The Morgan fingerprint density at radius 2 is 2.00 bits per heavy atom. The lowest BCUT2D eigenvalue weighted by molar-refractivity contribution is 0.0531. The maximum atomic E-state index is 12.3. The molecular formula is C20H18N4O3S2. The number of rotatable bonds is 5. The number of aromatic amines is 1. The number of nitrogens with one attached hydrogen (secondary N) is 1. The second-order valence-electron chi connectivity index (χ2n) is 6.35. The molecule has 0 saturated carbocycles. The molecule has 0 unspecified atom stereocenters. The number of ether oxygens (including phenoxy) is 1. The van der Waals surface area contributed by atoms with Gasteiger partial charge in [0.05, 0.1) is 23.3 Å². The first-order valence-electron chi connectivity index (χ1n) is 9.03. The molecule has 0 saturated heterocycles. The zero-order chi connectivity index (χ0) is 20.5. The molecule has 29 heavy (non-hydrogen) atoms. The number of aromatic nitrogens is 4. The third kappa shape index (κ3) is 3.75. The van der Waals surface area contributed by atoms with Crippen LogP contribution in [0.25, 0.3) is 21.1 Å². The van der Waals surface area contributed by atoms with E-state index < -0.39 is 0 Å². The second kappa shape index (κ2) is 7.92. The Balaban J connectivity index is 1.71. The molecule has 0 fully saturated rings. The molecule has 0 aliphatic heterocycles. The predicted octanol–water partition coefficient (Wildman–Crippen LogP) is 4.01. The van der Waals surface area contributed by atoms with Gasteiger partial charge in [0.1, 0.15) is 26.4 Å². The number of H-pyrrole nitrogens is 1. The number of nitrogens with zero attached hydrogens (tertiary/aromatic N) is 3. The van der Waals surface area contributed by atoms with Gasteiger partial charge in [0.2, 0.25) is 0 Å². The van der Waals surface area contributed by atoms with Crippen molar-refractivity contribution in [2.24, 2.45) is 0 Å². The topological polar surface area (TPSA) is 97.8 Å². The highest BCUT2D eigenvalue weighted by Gasteiger charge is 2.21. The number of carbonyl (C=O) groups excluding carboxylic acids is 1. The fourth-order valence-corrected chi connectivity index (χ4v) is 5.23. The van der Waals surface area contributed by atoms with Crippen molar-refractivity contribution in [2.45, 2.75) is 31.6 Å². The van der Waals surface area contributed by atoms with Gasteiger partial charge in [-0.25, -0.2) is 19.7 Å². The highest BCUT2D eigenvalue weighted by atomic mass is 32.2. The molecule has 0 radical (unpaired) electrons. The molecule has 0 spiro atoms. The van der Waals surface area contributed by atoms with Crippen LogP contribution in [0.4, 0.5) is 0 Å². The van der Waals surface area contributed by atoms with Gasteiger partial charge in [-0.2, -0.15) is 0 Å². The summed E-state index contributed by atoms with van der Waals surface area (Å²) in [6.45, 7) is 5.80. The van der Waals surface area contributed by atoms with Crippen LogP contribution >= 0.6 is 23.1 Å². The SMILES string of the molecule is CCOC(=O)c1sc2nc(C)nc(SCc3nc4ccccc4c(=O)[nH]3)c2c1C. The average molecular weight is 427 g/mol. The van der Waals surface area contributed by atoms with Gasteiger partial charge in [0.25, 0.3) is 5.56 Å². The van der Waals surface area contributed by atoms with Crippen LogP contribution in [0, 0.1) is 13.8 Å². The van der Waals surface area contributed by atoms with Gasteiger partial charge in [-0.3, -0.25) is 4.79 Å². The van der Waals surface area contributed by atoms with E-state index in [2.05, 4.69) is 19.9 Å². The number of hydrogen-bond donors (Lipinski definition) is 1. The van der Waals surface area contributed by atoms with Gasteiger partial charge in [0.15, 0.2) is 0 Å². The number of benzene rings is 1. The van der Waals surface area contributed by atoms with E-state index in [4.69, 9.17) is 4.74 Å². The van der Waals surface area contributed by atoms with Crippen molar-refractivity contribution in [1.29, 1.82) is 0 Å². The molecule has 0 aliphatic rings. The standard InChI is InChI=1S/C20H18N4O3S2/c1-4-27-20(26)16-10(2)15-18(21-11(3)22-19(15)29-16)28-9-14-23-13-8-6-5-7-12(13)17(25)24-14/h5-8H,4,9H2,1-3H3,(H,23,24,25). The van der Waals surface area contributed by atoms with Gasteiger partial charge in [-0.05, 0) is 38.5 Å². The second-order valence-corrected chi connectivity index (χ2v) is 8.31. The summed E-state index contributed by atoms with van der Waals surface area (Å²) in [6, 6.07) is 7.24. The maximum absolute atomic E-state index is 12.3. The number of aryl methyl sites for hydroxylation is 2. The fourth-order valence-electron chi connectivity index (χ4n) is 3.04. The normalized spacial score (nSPS) is 11.3. The van der Waals surface area contributed by atoms with Crippen LogP contribution < -0.4 is 5.56 Å².